The highest BCUT2D eigenvalue weighted by Gasteiger charge is 2.28. The van der Waals surface area contributed by atoms with Crippen LogP contribution in [0.2, 0.25) is 0 Å². The zero-order valence-electron chi connectivity index (χ0n) is 10.2. The summed E-state index contributed by atoms with van der Waals surface area (Å²) in [6.45, 7) is 2.52. The summed E-state index contributed by atoms with van der Waals surface area (Å²) >= 11 is 1.40. The van der Waals surface area contributed by atoms with Crippen molar-refractivity contribution >= 4 is 42.1 Å². The van der Waals surface area contributed by atoms with E-state index >= 15 is 0 Å². The number of hydrogen-bond acceptors (Lipinski definition) is 4. The van der Waals surface area contributed by atoms with Crippen LogP contribution in [0.4, 0.5) is 0 Å². The van der Waals surface area contributed by atoms with Gasteiger partial charge in [-0.05, 0) is 32.2 Å². The number of amides is 1. The summed E-state index contributed by atoms with van der Waals surface area (Å²) in [6, 6.07) is 0.249. The molecule has 2 atom stereocenters. The van der Waals surface area contributed by atoms with Crippen LogP contribution in [0.25, 0.3) is 0 Å². The number of thiazole rings is 1. The molecule has 1 aliphatic carbocycles. The Hall–Kier alpha value is -0.360. The maximum absolute atomic E-state index is 12.0. The van der Waals surface area contributed by atoms with Gasteiger partial charge in [0.2, 0.25) is 0 Å². The SMILES string of the molecule is Cc1ncsc1C(=O)NC1CCCC1CN.Cl.Cl. The average Bonchev–Trinajstić information content (AvgIpc) is 2.86. The summed E-state index contributed by atoms with van der Waals surface area (Å²) in [7, 11) is 0. The van der Waals surface area contributed by atoms with Crippen molar-refractivity contribution in [1.82, 2.24) is 10.3 Å². The first-order valence-corrected chi connectivity index (χ1v) is 6.51. The number of nitrogens with two attached hydrogens (primary N) is 1. The molecule has 1 heterocycles. The fourth-order valence-electron chi connectivity index (χ4n) is 2.26. The Morgan fingerprint density at radius 1 is 1.56 bits per heavy atom. The van der Waals surface area contributed by atoms with Gasteiger partial charge in [-0.1, -0.05) is 6.42 Å². The van der Waals surface area contributed by atoms with E-state index in [1.54, 1.807) is 5.51 Å². The molecule has 2 rings (SSSR count). The second-order valence-corrected chi connectivity index (χ2v) is 5.13. The molecule has 0 spiro atoms. The predicted molar refractivity (Wildman–Crippen MR) is 79.0 cm³/mol. The molecule has 3 N–H and O–H groups in total. The van der Waals surface area contributed by atoms with Crippen molar-refractivity contribution in [3.8, 4) is 0 Å². The largest absolute Gasteiger partial charge is 0.348 e. The van der Waals surface area contributed by atoms with E-state index in [-0.39, 0.29) is 36.8 Å². The van der Waals surface area contributed by atoms with Crippen molar-refractivity contribution in [3.63, 3.8) is 0 Å². The molecule has 0 saturated heterocycles. The van der Waals surface area contributed by atoms with Crippen molar-refractivity contribution in [2.24, 2.45) is 11.7 Å². The van der Waals surface area contributed by atoms with E-state index in [9.17, 15) is 4.79 Å². The standard InChI is InChI=1S/C11H17N3OS.2ClH/c1-7-10(16-6-13-7)11(15)14-9-4-2-3-8(9)5-12;;/h6,8-9H,2-5,12H2,1H3,(H,14,15);2*1H. The molecule has 18 heavy (non-hydrogen) atoms. The van der Waals surface area contributed by atoms with E-state index in [1.165, 1.54) is 11.3 Å². The lowest BCUT2D eigenvalue weighted by Crippen LogP contribution is -2.39. The summed E-state index contributed by atoms with van der Waals surface area (Å²) in [5.41, 5.74) is 8.21. The molecular weight excluding hydrogens is 293 g/mol. The van der Waals surface area contributed by atoms with Gasteiger partial charge in [-0.25, -0.2) is 4.98 Å². The highest BCUT2D eigenvalue weighted by Crippen LogP contribution is 2.25. The average molecular weight is 312 g/mol. The summed E-state index contributed by atoms with van der Waals surface area (Å²) in [6.07, 6.45) is 3.34. The van der Waals surface area contributed by atoms with E-state index in [4.69, 9.17) is 5.73 Å². The van der Waals surface area contributed by atoms with Gasteiger partial charge in [0.1, 0.15) is 4.88 Å². The third-order valence-electron chi connectivity index (χ3n) is 3.23. The molecule has 1 aromatic rings. The van der Waals surface area contributed by atoms with Crippen LogP contribution >= 0.6 is 36.2 Å². The number of hydrogen-bond donors (Lipinski definition) is 2. The van der Waals surface area contributed by atoms with Crippen LogP contribution in [0.1, 0.15) is 34.6 Å². The van der Waals surface area contributed by atoms with E-state index in [0.717, 1.165) is 29.8 Å². The van der Waals surface area contributed by atoms with Crippen LogP contribution in [-0.4, -0.2) is 23.5 Å². The highest BCUT2D eigenvalue weighted by molar-refractivity contribution is 7.11. The topological polar surface area (TPSA) is 68.0 Å². The van der Waals surface area contributed by atoms with E-state index in [1.807, 2.05) is 6.92 Å². The van der Waals surface area contributed by atoms with Crippen molar-refractivity contribution in [1.29, 1.82) is 0 Å². The molecule has 4 nitrogen and oxygen atoms in total. The van der Waals surface area contributed by atoms with Crippen LogP contribution in [0.3, 0.4) is 0 Å². The first-order valence-electron chi connectivity index (χ1n) is 5.63. The van der Waals surface area contributed by atoms with Gasteiger partial charge in [0.05, 0.1) is 11.2 Å². The molecule has 1 fully saturated rings. The minimum Gasteiger partial charge on any atom is -0.348 e. The van der Waals surface area contributed by atoms with Gasteiger partial charge in [0.15, 0.2) is 0 Å². The first-order chi connectivity index (χ1) is 7.72. The Morgan fingerprint density at radius 3 is 2.83 bits per heavy atom. The summed E-state index contributed by atoms with van der Waals surface area (Å²) < 4.78 is 0. The number of nitrogens with one attached hydrogen (secondary N) is 1. The fraction of sp³-hybridized carbons (Fsp3) is 0.636. The van der Waals surface area contributed by atoms with Gasteiger partial charge in [-0.15, -0.1) is 36.2 Å². The summed E-state index contributed by atoms with van der Waals surface area (Å²) in [5, 5.41) is 3.07. The Morgan fingerprint density at radius 2 is 2.28 bits per heavy atom. The molecule has 1 aromatic heterocycles. The normalized spacial score (nSPS) is 21.9. The third-order valence-corrected chi connectivity index (χ3v) is 4.16. The molecule has 104 valence electrons. The van der Waals surface area contributed by atoms with Gasteiger partial charge in [-0.2, -0.15) is 0 Å². The van der Waals surface area contributed by atoms with Gasteiger partial charge >= 0.3 is 0 Å². The Balaban J connectivity index is 0.00000144. The van der Waals surface area contributed by atoms with Gasteiger partial charge in [-0.3, -0.25) is 4.79 Å². The Kier molecular flexibility index (Phi) is 7.78. The van der Waals surface area contributed by atoms with Crippen LogP contribution in [-0.2, 0) is 0 Å². The van der Waals surface area contributed by atoms with E-state index in [0.29, 0.717) is 12.5 Å². The first kappa shape index (κ1) is 17.6. The van der Waals surface area contributed by atoms with E-state index in [2.05, 4.69) is 10.3 Å². The zero-order chi connectivity index (χ0) is 11.5. The van der Waals surface area contributed by atoms with Crippen LogP contribution < -0.4 is 11.1 Å². The lowest BCUT2D eigenvalue weighted by molar-refractivity contribution is 0.0932. The highest BCUT2D eigenvalue weighted by atomic mass is 35.5. The number of rotatable bonds is 3. The minimum atomic E-state index is 0. The molecule has 7 heteroatoms. The number of aryl methyl sites for hydroxylation is 1. The van der Waals surface area contributed by atoms with Crippen molar-refractivity contribution in [3.05, 3.63) is 16.1 Å². The maximum atomic E-state index is 12.0. The number of carbonyl (C=O) groups is 1. The lowest BCUT2D eigenvalue weighted by Gasteiger charge is -2.19. The van der Waals surface area contributed by atoms with Crippen LogP contribution in [0.15, 0.2) is 5.51 Å². The number of carbonyl (C=O) groups excluding carboxylic acids is 1. The second kappa shape index (κ2) is 7.94. The molecule has 2 unspecified atom stereocenters. The van der Waals surface area contributed by atoms with Crippen LogP contribution in [0.5, 0.6) is 0 Å². The molecule has 0 radical (unpaired) electrons. The van der Waals surface area contributed by atoms with Gasteiger partial charge < -0.3 is 11.1 Å². The molecule has 1 saturated carbocycles. The number of halogens is 2. The summed E-state index contributed by atoms with van der Waals surface area (Å²) in [4.78, 5) is 16.8. The predicted octanol–water partition coefficient (Wildman–Crippen LogP) is 2.15. The smallest absolute Gasteiger partial charge is 0.263 e. The Labute approximate surface area is 124 Å². The quantitative estimate of drug-likeness (QED) is 0.898. The lowest BCUT2D eigenvalue weighted by atomic mass is 10.0. The van der Waals surface area contributed by atoms with Gasteiger partial charge in [0.25, 0.3) is 5.91 Å². The third kappa shape index (κ3) is 3.82. The van der Waals surface area contributed by atoms with Crippen molar-refractivity contribution in [2.75, 3.05) is 6.54 Å². The van der Waals surface area contributed by atoms with Crippen molar-refractivity contribution < 1.29 is 4.79 Å². The number of aromatic nitrogens is 1. The maximum Gasteiger partial charge on any atom is 0.263 e. The molecule has 0 aliphatic heterocycles. The molecule has 0 bridgehead atoms. The molecule has 1 aliphatic rings. The van der Waals surface area contributed by atoms with E-state index < -0.39 is 0 Å². The summed E-state index contributed by atoms with van der Waals surface area (Å²) in [5.74, 6) is 0.447. The molecule has 1 amide bonds. The minimum absolute atomic E-state index is 0. The number of nitrogens with zero attached hydrogens (tertiary/aromatic N) is 1. The van der Waals surface area contributed by atoms with Crippen molar-refractivity contribution in [2.45, 2.75) is 32.2 Å². The molecular formula is C11H19Cl2N3OS. The monoisotopic (exact) mass is 311 g/mol. The second-order valence-electron chi connectivity index (χ2n) is 4.27. The van der Waals surface area contributed by atoms with Crippen LogP contribution in [0, 0.1) is 12.8 Å². The van der Waals surface area contributed by atoms with Gasteiger partial charge in [0, 0.05) is 6.04 Å². The Bertz CT molecular complexity index is 386. The molecule has 0 aromatic carbocycles. The fourth-order valence-corrected chi connectivity index (χ4v) is 2.97. The zero-order valence-corrected chi connectivity index (χ0v) is 12.7.